The molecule has 0 aliphatic carbocycles. The summed E-state index contributed by atoms with van der Waals surface area (Å²) in [5.74, 6) is 1.36. The number of nitro groups is 1. The van der Waals surface area contributed by atoms with E-state index in [1.807, 2.05) is 36.4 Å². The number of nitrogens with one attached hydrogen (secondary N) is 1. The Labute approximate surface area is 144 Å². The molecule has 0 spiro atoms. The van der Waals surface area contributed by atoms with Gasteiger partial charge in [0.25, 0.3) is 5.69 Å². The van der Waals surface area contributed by atoms with Gasteiger partial charge in [0.05, 0.1) is 4.92 Å². The predicted octanol–water partition coefficient (Wildman–Crippen LogP) is 3.58. The molecule has 0 amide bonds. The third kappa shape index (κ3) is 4.74. The van der Waals surface area contributed by atoms with Gasteiger partial charge in [-0.2, -0.15) is 0 Å². The highest BCUT2D eigenvalue weighted by molar-refractivity contribution is 5.41. The molecular formula is C18H16N4O3. The Morgan fingerprint density at radius 3 is 2.52 bits per heavy atom. The molecule has 1 aromatic carbocycles. The van der Waals surface area contributed by atoms with Crippen molar-refractivity contribution < 1.29 is 9.66 Å². The van der Waals surface area contributed by atoms with Crippen LogP contribution in [0.15, 0.2) is 67.1 Å². The van der Waals surface area contributed by atoms with E-state index >= 15 is 0 Å². The molecule has 3 aromatic rings. The number of aromatic nitrogens is 2. The van der Waals surface area contributed by atoms with Crippen LogP contribution in [0, 0.1) is 10.1 Å². The van der Waals surface area contributed by atoms with Crippen molar-refractivity contribution in [3.63, 3.8) is 0 Å². The molecule has 7 heteroatoms. The summed E-state index contributed by atoms with van der Waals surface area (Å²) in [6, 6.07) is 14.6. The van der Waals surface area contributed by atoms with Gasteiger partial charge in [0.15, 0.2) is 0 Å². The first kappa shape index (κ1) is 16.4. The van der Waals surface area contributed by atoms with Gasteiger partial charge in [-0.15, -0.1) is 0 Å². The number of nitrogens with zero attached hydrogens (tertiary/aromatic N) is 3. The monoisotopic (exact) mass is 336 g/mol. The van der Waals surface area contributed by atoms with E-state index in [-0.39, 0.29) is 5.69 Å². The average Bonchev–Trinajstić information content (AvgIpc) is 2.67. The average molecular weight is 336 g/mol. The minimum atomic E-state index is -0.471. The molecule has 0 saturated carbocycles. The molecule has 0 aliphatic heterocycles. The Bertz CT molecular complexity index is 821. The molecule has 2 aromatic heterocycles. The molecule has 126 valence electrons. The van der Waals surface area contributed by atoms with E-state index in [2.05, 4.69) is 15.3 Å². The highest BCUT2D eigenvalue weighted by Crippen LogP contribution is 2.16. The molecule has 0 fully saturated rings. The summed E-state index contributed by atoms with van der Waals surface area (Å²) in [4.78, 5) is 18.2. The van der Waals surface area contributed by atoms with E-state index < -0.39 is 4.92 Å². The maximum absolute atomic E-state index is 10.6. The van der Waals surface area contributed by atoms with Gasteiger partial charge in [0, 0.05) is 30.6 Å². The van der Waals surface area contributed by atoms with Crippen LogP contribution in [0.3, 0.4) is 0 Å². The summed E-state index contributed by atoms with van der Waals surface area (Å²) in [5.41, 5.74) is 2.03. The lowest BCUT2D eigenvalue weighted by Gasteiger charge is -2.08. The van der Waals surface area contributed by atoms with E-state index in [9.17, 15) is 10.1 Å². The first-order valence-electron chi connectivity index (χ1n) is 7.66. The number of hydrogen-bond donors (Lipinski definition) is 1. The topological polar surface area (TPSA) is 90.2 Å². The van der Waals surface area contributed by atoms with Gasteiger partial charge >= 0.3 is 0 Å². The number of pyridine rings is 2. The van der Waals surface area contributed by atoms with Gasteiger partial charge < -0.3 is 10.1 Å². The van der Waals surface area contributed by atoms with E-state index in [4.69, 9.17) is 4.74 Å². The SMILES string of the molecule is O=[N+]([O-])c1ccc(NCc2ccc(OCc3cccnc3)cc2)nc1. The van der Waals surface area contributed by atoms with Crippen LogP contribution in [0.1, 0.15) is 11.1 Å². The van der Waals surface area contributed by atoms with Crippen LogP contribution in [-0.2, 0) is 13.2 Å². The first-order chi connectivity index (χ1) is 12.2. The lowest BCUT2D eigenvalue weighted by Crippen LogP contribution is -2.02. The van der Waals surface area contributed by atoms with E-state index in [1.165, 1.54) is 12.3 Å². The smallest absolute Gasteiger partial charge is 0.287 e. The van der Waals surface area contributed by atoms with Gasteiger partial charge in [-0.1, -0.05) is 18.2 Å². The number of rotatable bonds is 7. The van der Waals surface area contributed by atoms with Crippen molar-refractivity contribution in [2.75, 3.05) is 5.32 Å². The van der Waals surface area contributed by atoms with Crippen molar-refractivity contribution in [3.8, 4) is 5.75 Å². The van der Waals surface area contributed by atoms with Gasteiger partial charge in [0.1, 0.15) is 24.4 Å². The number of hydrogen-bond acceptors (Lipinski definition) is 6. The maximum Gasteiger partial charge on any atom is 0.287 e. The predicted molar refractivity (Wildman–Crippen MR) is 93.2 cm³/mol. The van der Waals surface area contributed by atoms with Gasteiger partial charge in [-0.25, -0.2) is 4.98 Å². The fourth-order valence-corrected chi connectivity index (χ4v) is 2.14. The Balaban J connectivity index is 1.51. The second kappa shape index (κ2) is 7.87. The third-order valence-corrected chi connectivity index (χ3v) is 3.48. The number of benzene rings is 1. The number of anilines is 1. The summed E-state index contributed by atoms with van der Waals surface area (Å²) >= 11 is 0. The van der Waals surface area contributed by atoms with E-state index in [1.54, 1.807) is 18.5 Å². The summed E-state index contributed by atoms with van der Waals surface area (Å²) in [6.07, 6.45) is 4.73. The number of ether oxygens (including phenoxy) is 1. The third-order valence-electron chi connectivity index (χ3n) is 3.48. The Hall–Kier alpha value is -3.48. The first-order valence-corrected chi connectivity index (χ1v) is 7.66. The zero-order valence-corrected chi connectivity index (χ0v) is 13.3. The zero-order chi connectivity index (χ0) is 17.5. The molecule has 0 unspecified atom stereocenters. The minimum absolute atomic E-state index is 0.0272. The molecule has 25 heavy (non-hydrogen) atoms. The normalized spacial score (nSPS) is 10.2. The lowest BCUT2D eigenvalue weighted by atomic mass is 10.2. The Morgan fingerprint density at radius 1 is 1.04 bits per heavy atom. The van der Waals surface area contributed by atoms with Crippen molar-refractivity contribution in [2.45, 2.75) is 13.2 Å². The molecule has 0 bridgehead atoms. The standard InChI is InChI=1S/C18H16N4O3/c23-22(24)16-5-8-18(21-12-16)20-11-14-3-6-17(7-4-14)25-13-15-2-1-9-19-10-15/h1-10,12H,11,13H2,(H,20,21). The van der Waals surface area contributed by atoms with Crippen molar-refractivity contribution in [1.29, 1.82) is 0 Å². The summed E-state index contributed by atoms with van der Waals surface area (Å²) in [7, 11) is 0. The van der Waals surface area contributed by atoms with Crippen molar-refractivity contribution >= 4 is 11.5 Å². The van der Waals surface area contributed by atoms with Crippen molar-refractivity contribution in [1.82, 2.24) is 9.97 Å². The Kier molecular flexibility index (Phi) is 5.16. The van der Waals surface area contributed by atoms with Crippen LogP contribution < -0.4 is 10.1 Å². The fourth-order valence-electron chi connectivity index (χ4n) is 2.14. The second-order valence-electron chi connectivity index (χ2n) is 5.31. The van der Waals surface area contributed by atoms with Crippen molar-refractivity contribution in [3.05, 3.63) is 88.4 Å². The van der Waals surface area contributed by atoms with Crippen LogP contribution in [0.2, 0.25) is 0 Å². The minimum Gasteiger partial charge on any atom is -0.489 e. The highest BCUT2D eigenvalue weighted by atomic mass is 16.6. The molecule has 7 nitrogen and oxygen atoms in total. The summed E-state index contributed by atoms with van der Waals surface area (Å²) in [6.45, 7) is 1.03. The molecule has 2 heterocycles. The van der Waals surface area contributed by atoms with E-state index in [0.717, 1.165) is 16.9 Å². The Morgan fingerprint density at radius 2 is 1.88 bits per heavy atom. The molecule has 1 N–H and O–H groups in total. The maximum atomic E-state index is 10.6. The van der Waals surface area contributed by atoms with Crippen LogP contribution in [0.25, 0.3) is 0 Å². The fraction of sp³-hybridized carbons (Fsp3) is 0.111. The van der Waals surface area contributed by atoms with Crippen molar-refractivity contribution in [2.24, 2.45) is 0 Å². The van der Waals surface area contributed by atoms with Crippen LogP contribution in [0.4, 0.5) is 11.5 Å². The quantitative estimate of drug-likeness (QED) is 0.524. The zero-order valence-electron chi connectivity index (χ0n) is 13.3. The van der Waals surface area contributed by atoms with E-state index in [0.29, 0.717) is 19.0 Å². The van der Waals surface area contributed by atoms with Crippen LogP contribution in [-0.4, -0.2) is 14.9 Å². The molecule has 0 radical (unpaired) electrons. The lowest BCUT2D eigenvalue weighted by molar-refractivity contribution is -0.385. The van der Waals surface area contributed by atoms with Gasteiger partial charge in [0.2, 0.25) is 0 Å². The second-order valence-corrected chi connectivity index (χ2v) is 5.31. The van der Waals surface area contributed by atoms with Gasteiger partial charge in [-0.3, -0.25) is 15.1 Å². The molecular weight excluding hydrogens is 320 g/mol. The van der Waals surface area contributed by atoms with Crippen LogP contribution >= 0.6 is 0 Å². The molecule has 3 rings (SSSR count). The summed E-state index contributed by atoms with van der Waals surface area (Å²) < 4.78 is 5.71. The molecule has 0 saturated heterocycles. The summed E-state index contributed by atoms with van der Waals surface area (Å²) in [5, 5.41) is 13.7. The molecule has 0 atom stereocenters. The molecule has 0 aliphatic rings. The van der Waals surface area contributed by atoms with Gasteiger partial charge in [-0.05, 0) is 29.8 Å². The van der Waals surface area contributed by atoms with Crippen LogP contribution in [0.5, 0.6) is 5.75 Å². The largest absolute Gasteiger partial charge is 0.489 e. The highest BCUT2D eigenvalue weighted by Gasteiger charge is 2.05.